The fourth-order valence-corrected chi connectivity index (χ4v) is 2.12. The molecule has 0 aliphatic carbocycles. The van der Waals surface area contributed by atoms with Gasteiger partial charge in [0, 0.05) is 25.1 Å². The monoisotopic (exact) mass is 277 g/mol. The largest absolute Gasteiger partial charge is 0.395 e. The van der Waals surface area contributed by atoms with E-state index in [4.69, 9.17) is 5.11 Å². The van der Waals surface area contributed by atoms with Crippen molar-refractivity contribution in [3.63, 3.8) is 0 Å². The number of benzene rings is 1. The Morgan fingerprint density at radius 1 is 1.50 bits per heavy atom. The van der Waals surface area contributed by atoms with E-state index < -0.39 is 11.9 Å². The molecule has 106 valence electrons. The summed E-state index contributed by atoms with van der Waals surface area (Å²) >= 11 is 0. The first-order valence-corrected chi connectivity index (χ1v) is 6.48. The normalized spacial score (nSPS) is 17.8. The lowest BCUT2D eigenvalue weighted by Crippen LogP contribution is -2.30. The maximum absolute atomic E-state index is 13.3. The molecule has 1 fully saturated rings. The van der Waals surface area contributed by atoms with Gasteiger partial charge in [0.25, 0.3) is 5.91 Å². The summed E-state index contributed by atoms with van der Waals surface area (Å²) in [6.45, 7) is 0.699. The van der Waals surface area contributed by atoms with Gasteiger partial charge in [-0.15, -0.1) is 0 Å². The van der Waals surface area contributed by atoms with Crippen LogP contribution in [0.4, 0.5) is 4.39 Å². The molecule has 1 aliphatic heterocycles. The number of nitrogens with zero attached hydrogens (tertiary/aromatic N) is 1. The first kappa shape index (κ1) is 14.5. The number of carbonyl (C=O) groups is 1. The van der Waals surface area contributed by atoms with Crippen molar-refractivity contribution in [2.75, 3.05) is 19.7 Å². The quantitative estimate of drug-likeness (QED) is 0.785. The van der Waals surface area contributed by atoms with Crippen LogP contribution in [0.3, 0.4) is 0 Å². The number of carbonyl (C=O) groups excluding carboxylic acids is 1. The molecule has 1 heterocycles. The summed E-state index contributed by atoms with van der Waals surface area (Å²) in [6.07, 6.45) is 0.328. The minimum atomic E-state index is -0.497. The van der Waals surface area contributed by atoms with Crippen LogP contribution in [0.2, 0.25) is 0 Å². The second-order valence-electron chi connectivity index (χ2n) is 4.66. The van der Waals surface area contributed by atoms with Crippen LogP contribution >= 0.6 is 0 Å². The zero-order chi connectivity index (χ0) is 14.5. The number of aliphatic hydroxyl groups excluding tert-OH is 2. The average Bonchev–Trinajstić information content (AvgIpc) is 2.85. The Hall–Kier alpha value is -1.90. The highest BCUT2D eigenvalue weighted by atomic mass is 19.1. The predicted molar refractivity (Wildman–Crippen MR) is 71.5 cm³/mol. The zero-order valence-electron chi connectivity index (χ0n) is 11.0. The number of aliphatic hydroxyl groups is 2. The van der Waals surface area contributed by atoms with Crippen molar-refractivity contribution < 1.29 is 19.4 Å². The van der Waals surface area contributed by atoms with Gasteiger partial charge in [0.05, 0.1) is 18.3 Å². The van der Waals surface area contributed by atoms with Gasteiger partial charge in [-0.3, -0.25) is 4.79 Å². The summed E-state index contributed by atoms with van der Waals surface area (Å²) in [4.78, 5) is 13.9. The van der Waals surface area contributed by atoms with Crippen molar-refractivity contribution in [2.45, 2.75) is 18.9 Å². The molecule has 1 saturated heterocycles. The number of likely N-dealkylation sites (tertiary alicyclic amines) is 1. The molecule has 2 rings (SSSR count). The lowest BCUT2D eigenvalue weighted by atomic mass is 10.1. The van der Waals surface area contributed by atoms with Crippen LogP contribution in [-0.4, -0.2) is 46.8 Å². The minimum Gasteiger partial charge on any atom is -0.395 e. The van der Waals surface area contributed by atoms with Crippen LogP contribution in [0.5, 0.6) is 0 Å². The Morgan fingerprint density at radius 2 is 2.30 bits per heavy atom. The number of hydrogen-bond donors (Lipinski definition) is 2. The maximum Gasteiger partial charge on any atom is 0.255 e. The van der Waals surface area contributed by atoms with E-state index in [0.717, 1.165) is 0 Å². The van der Waals surface area contributed by atoms with E-state index in [0.29, 0.717) is 30.6 Å². The molecule has 1 unspecified atom stereocenters. The molecule has 2 N–H and O–H groups in total. The number of halogens is 1. The Labute approximate surface area is 116 Å². The molecule has 0 bridgehead atoms. The molecule has 1 aromatic rings. The highest BCUT2D eigenvalue weighted by Crippen LogP contribution is 2.17. The maximum atomic E-state index is 13.3. The van der Waals surface area contributed by atoms with Crippen molar-refractivity contribution in [3.8, 4) is 11.8 Å². The number of β-amino-alcohol motifs (C(OH)–C–C–N with tert-alkyl or cyclic N) is 1. The molecule has 4 nitrogen and oxygen atoms in total. The van der Waals surface area contributed by atoms with Gasteiger partial charge >= 0.3 is 0 Å². The van der Waals surface area contributed by atoms with Gasteiger partial charge in [-0.1, -0.05) is 11.8 Å². The van der Waals surface area contributed by atoms with Gasteiger partial charge in [0.15, 0.2) is 0 Å². The number of hydrogen-bond acceptors (Lipinski definition) is 3. The lowest BCUT2D eigenvalue weighted by Gasteiger charge is -2.16. The van der Waals surface area contributed by atoms with Gasteiger partial charge in [-0.2, -0.15) is 0 Å². The Balaban J connectivity index is 2.26. The highest BCUT2D eigenvalue weighted by molar-refractivity contribution is 5.97. The van der Waals surface area contributed by atoms with Crippen LogP contribution < -0.4 is 0 Å². The second-order valence-corrected chi connectivity index (χ2v) is 4.66. The smallest absolute Gasteiger partial charge is 0.255 e. The highest BCUT2D eigenvalue weighted by Gasteiger charge is 2.26. The molecule has 0 saturated carbocycles. The summed E-state index contributed by atoms with van der Waals surface area (Å²) in [5.41, 5.74) is 0.635. The third kappa shape index (κ3) is 3.35. The molecule has 0 spiro atoms. The van der Waals surface area contributed by atoms with Crippen molar-refractivity contribution in [1.82, 2.24) is 4.90 Å². The molecular weight excluding hydrogens is 261 g/mol. The molecule has 0 radical (unpaired) electrons. The van der Waals surface area contributed by atoms with Gasteiger partial charge in [0.1, 0.15) is 5.82 Å². The summed E-state index contributed by atoms with van der Waals surface area (Å²) in [6, 6.07) is 3.84. The summed E-state index contributed by atoms with van der Waals surface area (Å²) < 4.78 is 13.3. The van der Waals surface area contributed by atoms with Crippen LogP contribution in [0.25, 0.3) is 0 Å². The van der Waals surface area contributed by atoms with E-state index in [1.54, 1.807) is 0 Å². The summed E-state index contributed by atoms with van der Waals surface area (Å²) in [5, 5.41) is 18.2. The molecule has 1 aromatic carbocycles. The fraction of sp³-hybridized carbons (Fsp3) is 0.400. The van der Waals surface area contributed by atoms with E-state index in [-0.39, 0.29) is 18.9 Å². The summed E-state index contributed by atoms with van der Waals surface area (Å²) in [7, 11) is 0. The molecule has 1 amide bonds. The van der Waals surface area contributed by atoms with E-state index >= 15 is 0 Å². The van der Waals surface area contributed by atoms with E-state index in [2.05, 4.69) is 11.8 Å². The van der Waals surface area contributed by atoms with Gasteiger partial charge in [-0.05, 0) is 24.6 Å². The molecular formula is C15H16FNO3. The standard InChI is InChI=1S/C15H16FNO3/c16-12-4-5-14(11(9-12)3-1-2-8-18)15(20)17-7-6-13(19)10-17/h4-5,9,13,18-19H,2,6-8,10H2. The predicted octanol–water partition coefficient (Wildman–Crippen LogP) is 0.766. The molecule has 20 heavy (non-hydrogen) atoms. The molecule has 1 atom stereocenters. The number of amides is 1. The van der Waals surface area contributed by atoms with Gasteiger partial charge < -0.3 is 15.1 Å². The first-order chi connectivity index (χ1) is 9.61. The third-order valence-electron chi connectivity index (χ3n) is 3.12. The Kier molecular flexibility index (Phi) is 4.72. The Bertz CT molecular complexity index is 562. The van der Waals surface area contributed by atoms with Crippen molar-refractivity contribution in [3.05, 3.63) is 35.1 Å². The molecule has 5 heteroatoms. The lowest BCUT2D eigenvalue weighted by molar-refractivity contribution is 0.0764. The number of rotatable bonds is 2. The van der Waals surface area contributed by atoms with Crippen LogP contribution in [0, 0.1) is 17.7 Å². The first-order valence-electron chi connectivity index (χ1n) is 6.48. The van der Waals surface area contributed by atoms with Crippen LogP contribution in [0.15, 0.2) is 18.2 Å². The van der Waals surface area contributed by atoms with Crippen LogP contribution in [0.1, 0.15) is 28.8 Å². The van der Waals surface area contributed by atoms with Crippen molar-refractivity contribution in [1.29, 1.82) is 0 Å². The van der Waals surface area contributed by atoms with Crippen molar-refractivity contribution in [2.24, 2.45) is 0 Å². The van der Waals surface area contributed by atoms with Crippen molar-refractivity contribution >= 4 is 5.91 Å². The fourth-order valence-electron chi connectivity index (χ4n) is 2.12. The zero-order valence-corrected chi connectivity index (χ0v) is 11.0. The van der Waals surface area contributed by atoms with Gasteiger partial charge in [0.2, 0.25) is 0 Å². The molecule has 1 aliphatic rings. The van der Waals surface area contributed by atoms with Gasteiger partial charge in [-0.25, -0.2) is 4.39 Å². The third-order valence-corrected chi connectivity index (χ3v) is 3.12. The topological polar surface area (TPSA) is 60.8 Å². The molecule has 0 aromatic heterocycles. The van der Waals surface area contributed by atoms with E-state index in [1.807, 2.05) is 0 Å². The SMILES string of the molecule is O=C(c1ccc(F)cc1C#CCCO)N1CCC(O)C1. The minimum absolute atomic E-state index is 0.0795. The van der Waals surface area contributed by atoms with Crippen LogP contribution in [-0.2, 0) is 0 Å². The van der Waals surface area contributed by atoms with E-state index in [1.165, 1.54) is 23.1 Å². The Morgan fingerprint density at radius 3 is 2.95 bits per heavy atom. The second kappa shape index (κ2) is 6.51. The average molecular weight is 277 g/mol. The van der Waals surface area contributed by atoms with E-state index in [9.17, 15) is 14.3 Å². The summed E-state index contributed by atoms with van der Waals surface area (Å²) in [5.74, 6) is 4.68.